The van der Waals surface area contributed by atoms with Crippen molar-refractivity contribution in [3.63, 3.8) is 0 Å². The highest BCUT2D eigenvalue weighted by Crippen LogP contribution is 2.13. The molecule has 6 nitrogen and oxygen atoms in total. The van der Waals surface area contributed by atoms with Gasteiger partial charge < -0.3 is 14.9 Å². The Bertz CT molecular complexity index is 212. The Morgan fingerprint density at radius 2 is 1.29 bits per heavy atom. The van der Waals surface area contributed by atoms with E-state index in [4.69, 9.17) is 19.8 Å². The van der Waals surface area contributed by atoms with Crippen molar-refractivity contribution in [2.45, 2.75) is 20.8 Å². The van der Waals surface area contributed by atoms with Crippen LogP contribution in [0.2, 0.25) is 0 Å². The molecular formula is C8H14O6. The highest BCUT2D eigenvalue weighted by atomic mass is 16.5. The van der Waals surface area contributed by atoms with E-state index in [-0.39, 0.29) is 11.4 Å². The second-order valence-electron chi connectivity index (χ2n) is 3.35. The summed E-state index contributed by atoms with van der Waals surface area (Å²) in [6, 6.07) is 0. The monoisotopic (exact) mass is 206 g/mol. The molecule has 0 aliphatic carbocycles. The molecule has 0 amide bonds. The fourth-order valence-corrected chi connectivity index (χ4v) is 0.306. The van der Waals surface area contributed by atoms with Gasteiger partial charge in [-0.05, 0) is 20.8 Å². The molecule has 0 unspecified atom stereocenters. The highest BCUT2D eigenvalue weighted by molar-refractivity contribution is 6.27. The van der Waals surface area contributed by atoms with Gasteiger partial charge in [-0.1, -0.05) is 0 Å². The van der Waals surface area contributed by atoms with Gasteiger partial charge in [0.1, 0.15) is 0 Å². The third kappa shape index (κ3) is 8.51. The average molecular weight is 206 g/mol. The van der Waals surface area contributed by atoms with Crippen molar-refractivity contribution in [3.05, 3.63) is 0 Å². The summed E-state index contributed by atoms with van der Waals surface area (Å²) in [5.41, 5.74) is -0.352. The normalized spacial score (nSPS) is 9.43. The molecule has 0 fully saturated rings. The van der Waals surface area contributed by atoms with Crippen LogP contribution in [-0.2, 0) is 19.1 Å². The van der Waals surface area contributed by atoms with E-state index in [0.717, 1.165) is 0 Å². The predicted molar refractivity (Wildman–Crippen MR) is 46.7 cm³/mol. The lowest BCUT2D eigenvalue weighted by molar-refractivity contribution is -0.159. The fourth-order valence-electron chi connectivity index (χ4n) is 0.306. The number of carbonyl (C=O) groups excluding carboxylic acids is 1. The van der Waals surface area contributed by atoms with Gasteiger partial charge in [0.05, 0.1) is 12.5 Å². The number of carboxylic acids is 2. The number of methoxy groups -OCH3 is 1. The lowest BCUT2D eigenvalue weighted by Crippen LogP contribution is -2.21. The molecule has 82 valence electrons. The first kappa shape index (κ1) is 14.9. The van der Waals surface area contributed by atoms with Crippen molar-refractivity contribution in [3.8, 4) is 0 Å². The Morgan fingerprint density at radius 1 is 1.00 bits per heavy atom. The molecule has 0 saturated carbocycles. The van der Waals surface area contributed by atoms with Gasteiger partial charge in [-0.2, -0.15) is 0 Å². The Morgan fingerprint density at radius 3 is 1.29 bits per heavy atom. The molecule has 0 rings (SSSR count). The number of carboxylic acid groups (broad SMARTS) is 2. The van der Waals surface area contributed by atoms with E-state index in [1.165, 1.54) is 7.11 Å². The molecule has 0 atom stereocenters. The van der Waals surface area contributed by atoms with E-state index < -0.39 is 11.9 Å². The SMILES string of the molecule is COC(=O)C(C)(C)C.O=C(O)C(=O)O. The number of aliphatic carboxylic acids is 2. The molecule has 0 saturated heterocycles. The summed E-state index contributed by atoms with van der Waals surface area (Å²) in [6.45, 7) is 5.45. The first-order chi connectivity index (χ1) is 6.12. The summed E-state index contributed by atoms with van der Waals surface area (Å²) >= 11 is 0. The molecule has 0 heterocycles. The van der Waals surface area contributed by atoms with Crippen LogP contribution in [0.15, 0.2) is 0 Å². The van der Waals surface area contributed by atoms with Gasteiger partial charge >= 0.3 is 17.9 Å². The van der Waals surface area contributed by atoms with Gasteiger partial charge in [-0.3, -0.25) is 4.79 Å². The van der Waals surface area contributed by atoms with Crippen LogP contribution >= 0.6 is 0 Å². The molecule has 14 heavy (non-hydrogen) atoms. The van der Waals surface area contributed by atoms with Crippen LogP contribution in [0.5, 0.6) is 0 Å². The van der Waals surface area contributed by atoms with Crippen molar-refractivity contribution < 1.29 is 29.3 Å². The average Bonchev–Trinajstić information content (AvgIpc) is 2.02. The van der Waals surface area contributed by atoms with E-state index in [1.807, 2.05) is 20.8 Å². The van der Waals surface area contributed by atoms with Crippen LogP contribution in [-0.4, -0.2) is 35.2 Å². The largest absolute Gasteiger partial charge is 0.473 e. The predicted octanol–water partition coefficient (Wildman–Crippen LogP) is 0.361. The number of carbonyl (C=O) groups is 3. The van der Waals surface area contributed by atoms with E-state index in [9.17, 15) is 4.79 Å². The zero-order chi connectivity index (χ0) is 11.9. The molecule has 0 aromatic rings. The van der Waals surface area contributed by atoms with Crippen LogP contribution < -0.4 is 0 Å². The smallest absolute Gasteiger partial charge is 0.414 e. The molecule has 2 N–H and O–H groups in total. The molecule has 0 bridgehead atoms. The molecular weight excluding hydrogens is 192 g/mol. The minimum Gasteiger partial charge on any atom is -0.473 e. The summed E-state index contributed by atoms with van der Waals surface area (Å²) in [6.07, 6.45) is 0. The van der Waals surface area contributed by atoms with E-state index in [1.54, 1.807) is 0 Å². The second kappa shape index (κ2) is 5.95. The number of ether oxygens (including phenoxy) is 1. The van der Waals surface area contributed by atoms with Gasteiger partial charge in [0, 0.05) is 0 Å². The number of hydrogen-bond donors (Lipinski definition) is 2. The summed E-state index contributed by atoms with van der Waals surface area (Å²) in [5, 5.41) is 14.8. The molecule has 0 aromatic heterocycles. The molecule has 0 aliphatic heterocycles. The summed E-state index contributed by atoms with van der Waals surface area (Å²) < 4.78 is 4.48. The third-order valence-electron chi connectivity index (χ3n) is 0.981. The zero-order valence-corrected chi connectivity index (χ0v) is 8.53. The van der Waals surface area contributed by atoms with Gasteiger partial charge in [0.2, 0.25) is 0 Å². The van der Waals surface area contributed by atoms with Crippen LogP contribution in [0.3, 0.4) is 0 Å². The van der Waals surface area contributed by atoms with Crippen molar-refractivity contribution in [2.24, 2.45) is 5.41 Å². The van der Waals surface area contributed by atoms with E-state index in [0.29, 0.717) is 0 Å². The zero-order valence-electron chi connectivity index (χ0n) is 8.53. The minimum atomic E-state index is -1.82. The maximum absolute atomic E-state index is 10.6. The van der Waals surface area contributed by atoms with Crippen LogP contribution in [0.1, 0.15) is 20.8 Å². The Kier molecular flexibility index (Phi) is 6.34. The van der Waals surface area contributed by atoms with Crippen LogP contribution in [0.25, 0.3) is 0 Å². The van der Waals surface area contributed by atoms with Gasteiger partial charge in [-0.25, -0.2) is 9.59 Å². The maximum atomic E-state index is 10.6. The van der Waals surface area contributed by atoms with Crippen molar-refractivity contribution >= 4 is 17.9 Å². The molecule has 0 spiro atoms. The Labute approximate surface area is 81.5 Å². The van der Waals surface area contributed by atoms with Crippen molar-refractivity contribution in [1.82, 2.24) is 0 Å². The lowest BCUT2D eigenvalue weighted by atomic mass is 9.98. The summed E-state index contributed by atoms with van der Waals surface area (Å²) in [7, 11) is 1.40. The summed E-state index contributed by atoms with van der Waals surface area (Å²) in [5.74, 6) is -3.82. The molecule has 0 aliphatic rings. The highest BCUT2D eigenvalue weighted by Gasteiger charge is 2.21. The first-order valence-corrected chi connectivity index (χ1v) is 3.67. The lowest BCUT2D eigenvalue weighted by Gasteiger charge is -2.13. The Balaban J connectivity index is 0. The summed E-state index contributed by atoms with van der Waals surface area (Å²) in [4.78, 5) is 28.8. The van der Waals surface area contributed by atoms with Gasteiger partial charge in [0.15, 0.2) is 0 Å². The number of esters is 1. The van der Waals surface area contributed by atoms with Crippen LogP contribution in [0.4, 0.5) is 0 Å². The van der Waals surface area contributed by atoms with Crippen molar-refractivity contribution in [1.29, 1.82) is 0 Å². The minimum absolute atomic E-state index is 0.169. The van der Waals surface area contributed by atoms with Crippen molar-refractivity contribution in [2.75, 3.05) is 7.11 Å². The maximum Gasteiger partial charge on any atom is 0.414 e. The standard InChI is InChI=1S/C6H12O2.C2H2O4/c1-6(2,3)5(7)8-4;3-1(4)2(5)6/h1-4H3;(H,3,4)(H,5,6). The topological polar surface area (TPSA) is 101 Å². The number of rotatable bonds is 0. The number of hydrogen-bond acceptors (Lipinski definition) is 4. The van der Waals surface area contributed by atoms with E-state index in [2.05, 4.69) is 4.74 Å². The van der Waals surface area contributed by atoms with Crippen LogP contribution in [0, 0.1) is 5.41 Å². The van der Waals surface area contributed by atoms with E-state index >= 15 is 0 Å². The van der Waals surface area contributed by atoms with Gasteiger partial charge in [0.25, 0.3) is 0 Å². The third-order valence-corrected chi connectivity index (χ3v) is 0.981. The first-order valence-electron chi connectivity index (χ1n) is 3.67. The van der Waals surface area contributed by atoms with Gasteiger partial charge in [-0.15, -0.1) is 0 Å². The quantitative estimate of drug-likeness (QED) is 0.438. The fraction of sp³-hybridized carbons (Fsp3) is 0.625. The molecule has 6 heteroatoms. The Hall–Kier alpha value is -1.59. The molecule has 0 radical (unpaired) electrons. The second-order valence-corrected chi connectivity index (χ2v) is 3.35. The molecule has 0 aromatic carbocycles.